The fourth-order valence-corrected chi connectivity index (χ4v) is 1.83. The zero-order valence-electron chi connectivity index (χ0n) is 12.3. The third-order valence-corrected chi connectivity index (χ3v) is 2.95. The van der Waals surface area contributed by atoms with Gasteiger partial charge in [0.05, 0.1) is 6.61 Å². The Morgan fingerprint density at radius 3 is 2.53 bits per heavy atom. The van der Waals surface area contributed by atoms with Gasteiger partial charge in [0.1, 0.15) is 0 Å². The van der Waals surface area contributed by atoms with Crippen LogP contribution in [0.25, 0.3) is 0 Å². The van der Waals surface area contributed by atoms with Crippen LogP contribution in [0.1, 0.15) is 37.8 Å². The Kier molecular flexibility index (Phi) is 8.19. The number of unbranched alkanes of at least 4 members (excludes halogenated alkanes) is 1. The van der Waals surface area contributed by atoms with Gasteiger partial charge in [-0.1, -0.05) is 44.2 Å². The van der Waals surface area contributed by atoms with E-state index in [1.807, 2.05) is 6.08 Å². The fraction of sp³-hybridized carbons (Fsp3) is 0.529. The van der Waals surface area contributed by atoms with Crippen LogP contribution in [0.2, 0.25) is 0 Å². The normalized spacial score (nSPS) is 10.9. The van der Waals surface area contributed by atoms with Gasteiger partial charge in [0.2, 0.25) is 0 Å². The van der Waals surface area contributed by atoms with Crippen molar-refractivity contribution in [2.24, 2.45) is 0 Å². The van der Waals surface area contributed by atoms with Crippen LogP contribution < -0.4 is 5.32 Å². The number of nitrogens with one attached hydrogen (secondary N) is 1. The monoisotopic (exact) mass is 261 g/mol. The summed E-state index contributed by atoms with van der Waals surface area (Å²) in [5.41, 5.74) is 2.63. The Morgan fingerprint density at radius 2 is 1.89 bits per heavy atom. The van der Waals surface area contributed by atoms with Crippen molar-refractivity contribution in [3.05, 3.63) is 48.0 Å². The van der Waals surface area contributed by atoms with Crippen molar-refractivity contribution in [1.82, 2.24) is 5.32 Å². The molecule has 19 heavy (non-hydrogen) atoms. The summed E-state index contributed by atoms with van der Waals surface area (Å²) in [4.78, 5) is 0. The Bertz CT molecular complexity index is 343. The number of benzene rings is 1. The second-order valence-electron chi connectivity index (χ2n) is 5.16. The standard InChI is InChI=1S/C17H27NO/c1-4-5-6-13-19-14-17-9-7-16(8-10-17)11-12-18-15(2)3/h4,7-10,15,18H,1,5-6,11-14H2,2-3H3. The molecule has 0 saturated carbocycles. The number of ether oxygens (including phenoxy) is 1. The van der Waals surface area contributed by atoms with Gasteiger partial charge in [-0.2, -0.15) is 0 Å². The van der Waals surface area contributed by atoms with Crippen molar-refractivity contribution in [3.63, 3.8) is 0 Å². The molecule has 0 spiro atoms. The highest BCUT2D eigenvalue weighted by molar-refractivity contribution is 5.22. The highest BCUT2D eigenvalue weighted by Crippen LogP contribution is 2.07. The maximum atomic E-state index is 5.61. The molecule has 0 radical (unpaired) electrons. The summed E-state index contributed by atoms with van der Waals surface area (Å²) in [7, 11) is 0. The average molecular weight is 261 g/mol. The van der Waals surface area contributed by atoms with E-state index >= 15 is 0 Å². The van der Waals surface area contributed by atoms with Gasteiger partial charge in [0, 0.05) is 12.6 Å². The van der Waals surface area contributed by atoms with Gasteiger partial charge >= 0.3 is 0 Å². The number of hydrogen-bond acceptors (Lipinski definition) is 2. The highest BCUT2D eigenvalue weighted by Gasteiger charge is 1.97. The Hall–Kier alpha value is -1.12. The zero-order chi connectivity index (χ0) is 13.9. The molecule has 0 fully saturated rings. The largest absolute Gasteiger partial charge is 0.377 e. The Balaban J connectivity index is 2.21. The van der Waals surface area contributed by atoms with Crippen molar-refractivity contribution in [1.29, 1.82) is 0 Å². The summed E-state index contributed by atoms with van der Waals surface area (Å²) in [5, 5.41) is 3.43. The minimum atomic E-state index is 0.559. The van der Waals surface area contributed by atoms with Gasteiger partial charge in [-0.25, -0.2) is 0 Å². The first-order valence-electron chi connectivity index (χ1n) is 7.22. The molecule has 0 aromatic heterocycles. The molecule has 0 aliphatic rings. The molecule has 0 aliphatic heterocycles. The molecule has 0 aliphatic carbocycles. The Labute approximate surface area is 117 Å². The van der Waals surface area contributed by atoms with Crippen LogP contribution in [0.5, 0.6) is 0 Å². The molecule has 2 heteroatoms. The molecule has 1 N–H and O–H groups in total. The number of hydrogen-bond donors (Lipinski definition) is 1. The lowest BCUT2D eigenvalue weighted by Gasteiger charge is -2.08. The van der Waals surface area contributed by atoms with Crippen LogP contribution in [0.15, 0.2) is 36.9 Å². The fourth-order valence-electron chi connectivity index (χ4n) is 1.83. The third kappa shape index (κ3) is 7.81. The molecule has 0 heterocycles. The van der Waals surface area contributed by atoms with E-state index in [4.69, 9.17) is 4.74 Å². The molecule has 0 saturated heterocycles. The van der Waals surface area contributed by atoms with E-state index in [2.05, 4.69) is 50.0 Å². The maximum Gasteiger partial charge on any atom is 0.0716 e. The summed E-state index contributed by atoms with van der Waals surface area (Å²) in [6.45, 7) is 10.6. The molecule has 0 bridgehead atoms. The van der Waals surface area contributed by atoms with Crippen molar-refractivity contribution in [2.45, 2.75) is 45.8 Å². The van der Waals surface area contributed by atoms with E-state index in [0.29, 0.717) is 12.6 Å². The first-order chi connectivity index (χ1) is 9.22. The van der Waals surface area contributed by atoms with Gasteiger partial charge in [-0.3, -0.25) is 0 Å². The van der Waals surface area contributed by atoms with Crippen LogP contribution in [0.3, 0.4) is 0 Å². The summed E-state index contributed by atoms with van der Waals surface area (Å²) < 4.78 is 5.61. The summed E-state index contributed by atoms with van der Waals surface area (Å²) >= 11 is 0. The van der Waals surface area contributed by atoms with E-state index in [-0.39, 0.29) is 0 Å². The first kappa shape index (κ1) is 15.9. The third-order valence-electron chi connectivity index (χ3n) is 2.95. The molecule has 106 valence electrons. The van der Waals surface area contributed by atoms with Crippen LogP contribution in [-0.4, -0.2) is 19.2 Å². The quantitative estimate of drug-likeness (QED) is 0.512. The summed E-state index contributed by atoms with van der Waals surface area (Å²) in [5.74, 6) is 0. The van der Waals surface area contributed by atoms with E-state index in [9.17, 15) is 0 Å². The van der Waals surface area contributed by atoms with Crippen molar-refractivity contribution >= 4 is 0 Å². The molecule has 0 amide bonds. The van der Waals surface area contributed by atoms with Crippen molar-refractivity contribution < 1.29 is 4.74 Å². The second-order valence-corrected chi connectivity index (χ2v) is 5.16. The minimum absolute atomic E-state index is 0.559. The van der Waals surface area contributed by atoms with Gasteiger partial charge in [0.25, 0.3) is 0 Å². The number of allylic oxidation sites excluding steroid dienone is 1. The first-order valence-corrected chi connectivity index (χ1v) is 7.22. The predicted molar refractivity (Wildman–Crippen MR) is 82.4 cm³/mol. The lowest BCUT2D eigenvalue weighted by molar-refractivity contribution is 0.119. The van der Waals surface area contributed by atoms with E-state index in [1.165, 1.54) is 11.1 Å². The van der Waals surface area contributed by atoms with Gasteiger partial charge in [0.15, 0.2) is 0 Å². The zero-order valence-corrected chi connectivity index (χ0v) is 12.3. The van der Waals surface area contributed by atoms with Crippen LogP contribution in [0.4, 0.5) is 0 Å². The highest BCUT2D eigenvalue weighted by atomic mass is 16.5. The van der Waals surface area contributed by atoms with Crippen LogP contribution >= 0.6 is 0 Å². The van der Waals surface area contributed by atoms with E-state index < -0.39 is 0 Å². The lowest BCUT2D eigenvalue weighted by Crippen LogP contribution is -2.24. The minimum Gasteiger partial charge on any atom is -0.377 e. The Morgan fingerprint density at radius 1 is 1.21 bits per heavy atom. The van der Waals surface area contributed by atoms with Crippen LogP contribution in [0, 0.1) is 0 Å². The van der Waals surface area contributed by atoms with Crippen LogP contribution in [-0.2, 0) is 17.8 Å². The number of rotatable bonds is 10. The van der Waals surface area contributed by atoms with Crippen molar-refractivity contribution in [2.75, 3.05) is 13.2 Å². The van der Waals surface area contributed by atoms with Gasteiger partial charge in [-0.15, -0.1) is 6.58 Å². The molecule has 1 rings (SSSR count). The molecule has 1 aromatic carbocycles. The summed E-state index contributed by atoms with van der Waals surface area (Å²) in [6, 6.07) is 9.29. The molecule has 0 atom stereocenters. The molecule has 2 nitrogen and oxygen atoms in total. The smallest absolute Gasteiger partial charge is 0.0716 e. The topological polar surface area (TPSA) is 21.3 Å². The SMILES string of the molecule is C=CCCCOCc1ccc(CCNC(C)C)cc1. The molecule has 0 unspecified atom stereocenters. The van der Waals surface area contributed by atoms with E-state index in [1.54, 1.807) is 0 Å². The maximum absolute atomic E-state index is 5.61. The summed E-state index contributed by atoms with van der Waals surface area (Å²) in [6.07, 6.45) is 5.10. The second kappa shape index (κ2) is 9.76. The molecular formula is C17H27NO. The average Bonchev–Trinajstić information content (AvgIpc) is 2.40. The lowest BCUT2D eigenvalue weighted by atomic mass is 10.1. The van der Waals surface area contributed by atoms with E-state index in [0.717, 1.165) is 32.4 Å². The molecular weight excluding hydrogens is 234 g/mol. The predicted octanol–water partition coefficient (Wildman–Crippen LogP) is 3.71. The van der Waals surface area contributed by atoms with Gasteiger partial charge in [-0.05, 0) is 36.9 Å². The van der Waals surface area contributed by atoms with Gasteiger partial charge < -0.3 is 10.1 Å². The van der Waals surface area contributed by atoms with Crippen molar-refractivity contribution in [3.8, 4) is 0 Å². The molecule has 1 aromatic rings.